The molecular weight excluding hydrogens is 444 g/mol. The van der Waals surface area contributed by atoms with Crippen LogP contribution in [-0.4, -0.2) is 62.7 Å². The maximum absolute atomic E-state index is 13.1. The molecule has 9 nitrogen and oxygen atoms in total. The van der Waals surface area contributed by atoms with Gasteiger partial charge in [-0.15, -0.1) is 11.3 Å². The summed E-state index contributed by atoms with van der Waals surface area (Å²) in [6, 6.07) is 5.89. The molecular formula is C23H30N4O5S. The maximum atomic E-state index is 13.1. The number of aromatic nitrogens is 1. The van der Waals surface area contributed by atoms with E-state index in [1.54, 1.807) is 37.6 Å². The van der Waals surface area contributed by atoms with E-state index in [0.717, 1.165) is 21.7 Å². The lowest BCUT2D eigenvalue weighted by molar-refractivity contribution is -0.142. The van der Waals surface area contributed by atoms with E-state index in [4.69, 9.17) is 5.11 Å². The van der Waals surface area contributed by atoms with Gasteiger partial charge in [0.2, 0.25) is 11.8 Å². The minimum absolute atomic E-state index is 0.0201. The number of carbonyl (C=O) groups excluding carboxylic acids is 2. The number of likely N-dealkylation sites (tertiary alicyclic amines) is 1. The highest BCUT2D eigenvalue weighted by molar-refractivity contribution is 7.13. The molecule has 1 fully saturated rings. The second-order valence-corrected chi connectivity index (χ2v) is 10.2. The van der Waals surface area contributed by atoms with Crippen molar-refractivity contribution in [3.63, 3.8) is 0 Å². The van der Waals surface area contributed by atoms with Gasteiger partial charge in [-0.1, -0.05) is 45.0 Å². The number of benzene rings is 1. The summed E-state index contributed by atoms with van der Waals surface area (Å²) in [5, 5.41) is 24.4. The number of hydrogen-bond donors (Lipinski definition) is 4. The number of rotatable bonds is 6. The van der Waals surface area contributed by atoms with Gasteiger partial charge in [0.05, 0.1) is 22.2 Å². The van der Waals surface area contributed by atoms with E-state index in [1.165, 1.54) is 4.90 Å². The number of aliphatic hydroxyl groups is 1. The van der Waals surface area contributed by atoms with Crippen LogP contribution in [-0.2, 0) is 16.1 Å². The number of aryl methyl sites for hydroxylation is 1. The third-order valence-electron chi connectivity index (χ3n) is 5.67. The summed E-state index contributed by atoms with van der Waals surface area (Å²) >= 11 is 1.57. The standard InChI is InChI=1S/C23H30N4O5S/c1-13-18(33-12-25-13)15-7-5-14(6-8-15)10-24-20(29)17-9-16(28)11-27(17)21(30)19(23(2,3)4)26-22(31)32/h5-8,12,16-17,19,26,28H,9-11H2,1-4H3,(H,24,29)(H,31,32)/t16-,17?,19?/m1/s1. The predicted molar refractivity (Wildman–Crippen MR) is 125 cm³/mol. The molecule has 2 aromatic rings. The average molecular weight is 475 g/mol. The Balaban J connectivity index is 1.67. The van der Waals surface area contributed by atoms with Gasteiger partial charge in [0.25, 0.3) is 0 Å². The summed E-state index contributed by atoms with van der Waals surface area (Å²) in [6.07, 6.45) is -2.07. The van der Waals surface area contributed by atoms with Crippen molar-refractivity contribution < 1.29 is 24.6 Å². The smallest absolute Gasteiger partial charge is 0.405 e. The van der Waals surface area contributed by atoms with Gasteiger partial charge in [-0.3, -0.25) is 9.59 Å². The minimum Gasteiger partial charge on any atom is -0.465 e. The summed E-state index contributed by atoms with van der Waals surface area (Å²) < 4.78 is 0. The normalized spacial score (nSPS) is 19.2. The molecule has 178 valence electrons. The Hall–Kier alpha value is -2.98. The molecule has 10 heteroatoms. The van der Waals surface area contributed by atoms with E-state index in [1.807, 2.05) is 31.2 Å². The van der Waals surface area contributed by atoms with Crippen LogP contribution in [0.3, 0.4) is 0 Å². The van der Waals surface area contributed by atoms with Crippen LogP contribution in [0.2, 0.25) is 0 Å². The van der Waals surface area contributed by atoms with Gasteiger partial charge in [-0.2, -0.15) is 0 Å². The number of amides is 3. The molecule has 1 aromatic heterocycles. The number of thiazole rings is 1. The van der Waals surface area contributed by atoms with Crippen molar-refractivity contribution in [3.8, 4) is 10.4 Å². The fourth-order valence-corrected chi connectivity index (χ4v) is 4.72. The van der Waals surface area contributed by atoms with Gasteiger partial charge in [0, 0.05) is 19.5 Å². The van der Waals surface area contributed by atoms with Crippen molar-refractivity contribution in [3.05, 3.63) is 41.0 Å². The van der Waals surface area contributed by atoms with E-state index in [-0.39, 0.29) is 25.4 Å². The molecule has 4 N–H and O–H groups in total. The lowest BCUT2D eigenvalue weighted by atomic mass is 9.85. The number of carbonyl (C=O) groups is 3. The molecule has 1 aromatic carbocycles. The number of nitrogens with zero attached hydrogens (tertiary/aromatic N) is 2. The Labute approximate surface area is 196 Å². The number of β-amino-alcohol motifs (C(OH)–C–C–N with tert-alkyl or cyclic N) is 1. The molecule has 2 heterocycles. The summed E-state index contributed by atoms with van der Waals surface area (Å²) in [4.78, 5) is 43.9. The molecule has 33 heavy (non-hydrogen) atoms. The maximum Gasteiger partial charge on any atom is 0.405 e. The lowest BCUT2D eigenvalue weighted by Crippen LogP contribution is -2.57. The summed E-state index contributed by atoms with van der Waals surface area (Å²) in [6.45, 7) is 7.43. The molecule has 1 saturated heterocycles. The largest absolute Gasteiger partial charge is 0.465 e. The van der Waals surface area contributed by atoms with Gasteiger partial charge in [0.15, 0.2) is 0 Å². The van der Waals surface area contributed by atoms with Crippen LogP contribution in [0, 0.1) is 12.3 Å². The molecule has 3 rings (SSSR count). The van der Waals surface area contributed by atoms with Crippen LogP contribution in [0.15, 0.2) is 29.8 Å². The summed E-state index contributed by atoms with van der Waals surface area (Å²) in [5.74, 6) is -0.906. The number of aliphatic hydroxyl groups excluding tert-OH is 1. The first-order chi connectivity index (χ1) is 15.5. The first-order valence-corrected chi connectivity index (χ1v) is 11.6. The van der Waals surface area contributed by atoms with Gasteiger partial charge in [-0.25, -0.2) is 9.78 Å². The molecule has 0 radical (unpaired) electrons. The van der Waals surface area contributed by atoms with Crippen molar-refractivity contribution in [1.82, 2.24) is 20.5 Å². The predicted octanol–water partition coefficient (Wildman–Crippen LogP) is 2.38. The molecule has 0 aliphatic carbocycles. The second kappa shape index (κ2) is 9.88. The number of nitrogens with one attached hydrogen (secondary N) is 2. The van der Waals surface area contributed by atoms with E-state index < -0.39 is 35.6 Å². The van der Waals surface area contributed by atoms with Crippen LogP contribution in [0.1, 0.15) is 38.4 Å². The van der Waals surface area contributed by atoms with Crippen molar-refractivity contribution in [2.24, 2.45) is 5.41 Å². The van der Waals surface area contributed by atoms with Crippen LogP contribution in [0.25, 0.3) is 10.4 Å². The lowest BCUT2D eigenvalue weighted by Gasteiger charge is -2.34. The first-order valence-electron chi connectivity index (χ1n) is 10.7. The molecule has 2 unspecified atom stereocenters. The fraction of sp³-hybridized carbons (Fsp3) is 0.478. The van der Waals surface area contributed by atoms with Crippen LogP contribution in [0.5, 0.6) is 0 Å². The summed E-state index contributed by atoms with van der Waals surface area (Å²) in [7, 11) is 0. The minimum atomic E-state index is -1.32. The number of carboxylic acid groups (broad SMARTS) is 1. The fourth-order valence-electron chi connectivity index (χ4n) is 3.90. The monoisotopic (exact) mass is 474 g/mol. The molecule has 0 saturated carbocycles. The van der Waals surface area contributed by atoms with Gasteiger partial charge < -0.3 is 25.7 Å². The van der Waals surface area contributed by atoms with Gasteiger partial charge >= 0.3 is 6.09 Å². The molecule has 3 amide bonds. The van der Waals surface area contributed by atoms with Crippen molar-refractivity contribution in [1.29, 1.82) is 0 Å². The van der Waals surface area contributed by atoms with E-state index in [9.17, 15) is 19.5 Å². The van der Waals surface area contributed by atoms with Gasteiger partial charge in [-0.05, 0) is 23.5 Å². The Bertz CT molecular complexity index is 1010. The number of hydrogen-bond acceptors (Lipinski definition) is 6. The molecule has 0 spiro atoms. The molecule has 1 aliphatic rings. The van der Waals surface area contributed by atoms with E-state index in [2.05, 4.69) is 15.6 Å². The highest BCUT2D eigenvalue weighted by Gasteiger charge is 2.44. The zero-order valence-electron chi connectivity index (χ0n) is 19.2. The zero-order valence-corrected chi connectivity index (χ0v) is 20.0. The second-order valence-electron chi connectivity index (χ2n) is 9.33. The molecule has 3 atom stereocenters. The third kappa shape index (κ3) is 5.88. The first kappa shape index (κ1) is 24.7. The van der Waals surface area contributed by atoms with Crippen LogP contribution >= 0.6 is 11.3 Å². The van der Waals surface area contributed by atoms with Crippen LogP contribution in [0.4, 0.5) is 4.79 Å². The average Bonchev–Trinajstić information content (AvgIpc) is 3.35. The Kier molecular flexibility index (Phi) is 7.38. The third-order valence-corrected chi connectivity index (χ3v) is 6.65. The van der Waals surface area contributed by atoms with Crippen molar-refractivity contribution in [2.45, 2.75) is 58.8 Å². The summed E-state index contributed by atoms with van der Waals surface area (Å²) in [5.41, 5.74) is 4.02. The highest BCUT2D eigenvalue weighted by atomic mass is 32.1. The topological polar surface area (TPSA) is 132 Å². The Morgan fingerprint density at radius 3 is 2.45 bits per heavy atom. The molecule has 1 aliphatic heterocycles. The van der Waals surface area contributed by atoms with E-state index in [0.29, 0.717) is 0 Å². The van der Waals surface area contributed by atoms with Gasteiger partial charge in [0.1, 0.15) is 12.1 Å². The van der Waals surface area contributed by atoms with Crippen LogP contribution < -0.4 is 10.6 Å². The zero-order chi connectivity index (χ0) is 24.3. The van der Waals surface area contributed by atoms with Crippen molar-refractivity contribution in [2.75, 3.05) is 6.54 Å². The van der Waals surface area contributed by atoms with E-state index >= 15 is 0 Å². The highest BCUT2D eigenvalue weighted by Crippen LogP contribution is 2.28. The quantitative estimate of drug-likeness (QED) is 0.508. The van der Waals surface area contributed by atoms with Crippen molar-refractivity contribution >= 4 is 29.2 Å². The SMILES string of the molecule is Cc1ncsc1-c1ccc(CNC(=O)C2C[C@@H](O)CN2C(=O)C(NC(=O)O)C(C)(C)C)cc1. The molecule has 0 bridgehead atoms. The Morgan fingerprint density at radius 2 is 1.91 bits per heavy atom. The Morgan fingerprint density at radius 1 is 1.24 bits per heavy atom.